The van der Waals surface area contributed by atoms with Crippen molar-refractivity contribution in [3.05, 3.63) is 11.6 Å². The Kier molecular flexibility index (Phi) is 6.90. The van der Waals surface area contributed by atoms with Gasteiger partial charge in [-0.2, -0.15) is 17.4 Å². The minimum atomic E-state index is -3.41. The van der Waals surface area contributed by atoms with Gasteiger partial charge < -0.3 is 10.1 Å². The second kappa shape index (κ2) is 7.72. The molecule has 118 valence electrons. The van der Waals surface area contributed by atoms with Gasteiger partial charge in [-0.1, -0.05) is 11.6 Å². The zero-order valence-corrected chi connectivity index (χ0v) is 13.6. The van der Waals surface area contributed by atoms with Gasteiger partial charge in [0, 0.05) is 26.2 Å². The van der Waals surface area contributed by atoms with Gasteiger partial charge in [0.25, 0.3) is 10.2 Å². The van der Waals surface area contributed by atoms with Gasteiger partial charge in [0.2, 0.25) is 0 Å². The topological polar surface area (TPSA) is 70.7 Å². The summed E-state index contributed by atoms with van der Waals surface area (Å²) in [4.78, 5) is 0. The van der Waals surface area contributed by atoms with Crippen molar-refractivity contribution in [2.75, 3.05) is 32.7 Å². The van der Waals surface area contributed by atoms with Gasteiger partial charge in [-0.05, 0) is 26.8 Å². The molecule has 2 rings (SSSR count). The predicted octanol–water partition coefficient (Wildman–Crippen LogP) is 0.272. The van der Waals surface area contributed by atoms with Crippen LogP contribution in [0.3, 0.4) is 0 Å². The molecule has 2 N–H and O–H groups in total. The maximum Gasteiger partial charge on any atom is 0.279 e. The highest BCUT2D eigenvalue weighted by Crippen LogP contribution is 2.14. The Hall–Kier alpha value is -0.180. The molecule has 1 saturated heterocycles. The van der Waals surface area contributed by atoms with Gasteiger partial charge in [0.15, 0.2) is 0 Å². The molecule has 0 bridgehead atoms. The van der Waals surface area contributed by atoms with E-state index in [1.54, 1.807) is 0 Å². The van der Waals surface area contributed by atoms with Gasteiger partial charge in [-0.25, -0.2) is 0 Å². The predicted molar refractivity (Wildman–Crippen MR) is 81.3 cm³/mol. The lowest BCUT2D eigenvalue weighted by Crippen LogP contribution is -2.52. The van der Waals surface area contributed by atoms with E-state index in [1.165, 1.54) is 4.31 Å². The molecule has 2 aliphatic heterocycles. The normalized spacial score (nSPS) is 28.6. The summed E-state index contributed by atoms with van der Waals surface area (Å²) in [7, 11) is -3.41. The van der Waals surface area contributed by atoms with E-state index in [0.717, 1.165) is 25.1 Å². The highest BCUT2D eigenvalue weighted by Gasteiger charge is 2.30. The highest BCUT2D eigenvalue weighted by atomic mass is 35.5. The van der Waals surface area contributed by atoms with E-state index < -0.39 is 10.2 Å². The molecule has 0 radical (unpaired) electrons. The first kappa shape index (κ1) is 17.9. The number of hydrogen-bond acceptors (Lipinski definition) is 4. The number of halogens is 1. The molecular formula is C12H24ClN3O3S. The Morgan fingerprint density at radius 3 is 2.60 bits per heavy atom. The lowest BCUT2D eigenvalue weighted by molar-refractivity contribution is -0.0443. The van der Waals surface area contributed by atoms with E-state index in [0.29, 0.717) is 19.6 Å². The summed E-state index contributed by atoms with van der Waals surface area (Å²) >= 11 is 0. The standard InChI is InChI=1S/C12H23N3O3S.ClH/c1-10-8-15(9-11(2)18-10)19(16,17)14-7-12-3-5-13-6-4-12;/h3,10-11,13-14H,4-9H2,1-2H3;1H. The van der Waals surface area contributed by atoms with Gasteiger partial charge in [-0.3, -0.25) is 0 Å². The zero-order chi connectivity index (χ0) is 13.9. The van der Waals surface area contributed by atoms with Crippen molar-refractivity contribution in [2.45, 2.75) is 32.5 Å². The number of nitrogens with one attached hydrogen (secondary N) is 2. The molecule has 0 aromatic carbocycles. The van der Waals surface area contributed by atoms with Gasteiger partial charge >= 0.3 is 0 Å². The molecule has 0 saturated carbocycles. The van der Waals surface area contributed by atoms with Gasteiger partial charge in [-0.15, -0.1) is 12.4 Å². The van der Waals surface area contributed by atoms with Crippen LogP contribution in [-0.4, -0.2) is 57.7 Å². The van der Waals surface area contributed by atoms with Crippen LogP contribution in [0.2, 0.25) is 0 Å². The summed E-state index contributed by atoms with van der Waals surface area (Å²) in [6, 6.07) is 0. The van der Waals surface area contributed by atoms with Crippen molar-refractivity contribution in [1.29, 1.82) is 0 Å². The average Bonchev–Trinajstić information content (AvgIpc) is 2.37. The molecule has 0 aromatic heterocycles. The summed E-state index contributed by atoms with van der Waals surface area (Å²) in [5, 5.41) is 3.21. The molecule has 2 atom stereocenters. The summed E-state index contributed by atoms with van der Waals surface area (Å²) in [6.45, 7) is 6.77. The van der Waals surface area contributed by atoms with E-state index in [2.05, 4.69) is 16.1 Å². The molecule has 1 fully saturated rings. The SMILES string of the molecule is CC1CN(S(=O)(=O)NCC2=CCNCC2)CC(C)O1.Cl. The first-order chi connectivity index (χ1) is 8.97. The molecule has 2 aliphatic rings. The molecular weight excluding hydrogens is 302 g/mol. The van der Waals surface area contributed by atoms with Crippen LogP contribution in [0.4, 0.5) is 0 Å². The third-order valence-electron chi connectivity index (χ3n) is 3.37. The number of rotatable bonds is 4. The minimum Gasteiger partial charge on any atom is -0.373 e. The van der Waals surface area contributed by atoms with E-state index >= 15 is 0 Å². The fourth-order valence-corrected chi connectivity index (χ4v) is 3.80. The summed E-state index contributed by atoms with van der Waals surface area (Å²) in [5.41, 5.74) is 1.15. The van der Waals surface area contributed by atoms with Crippen LogP contribution in [-0.2, 0) is 14.9 Å². The average molecular weight is 326 g/mol. The molecule has 0 aromatic rings. The van der Waals surface area contributed by atoms with Crippen molar-refractivity contribution in [1.82, 2.24) is 14.3 Å². The van der Waals surface area contributed by atoms with Crippen LogP contribution in [0.5, 0.6) is 0 Å². The summed E-state index contributed by atoms with van der Waals surface area (Å²) < 4.78 is 34.2. The number of ether oxygens (including phenoxy) is 1. The number of morpholine rings is 1. The summed E-state index contributed by atoms with van der Waals surface area (Å²) in [5.74, 6) is 0. The smallest absolute Gasteiger partial charge is 0.279 e. The third kappa shape index (κ3) is 4.98. The van der Waals surface area contributed by atoms with E-state index in [4.69, 9.17) is 4.74 Å². The fraction of sp³-hybridized carbons (Fsp3) is 0.833. The second-order valence-electron chi connectivity index (χ2n) is 5.22. The van der Waals surface area contributed by atoms with E-state index in [9.17, 15) is 8.42 Å². The zero-order valence-electron chi connectivity index (χ0n) is 12.0. The van der Waals surface area contributed by atoms with Crippen molar-refractivity contribution in [3.63, 3.8) is 0 Å². The van der Waals surface area contributed by atoms with Crippen LogP contribution < -0.4 is 10.0 Å². The molecule has 8 heteroatoms. The largest absolute Gasteiger partial charge is 0.373 e. The van der Waals surface area contributed by atoms with Crippen LogP contribution in [0, 0.1) is 0 Å². The molecule has 6 nitrogen and oxygen atoms in total. The Balaban J connectivity index is 0.00000200. The van der Waals surface area contributed by atoms with Crippen molar-refractivity contribution in [2.24, 2.45) is 0 Å². The van der Waals surface area contributed by atoms with Crippen LogP contribution in [0.15, 0.2) is 11.6 Å². The maximum atomic E-state index is 12.2. The molecule has 0 aliphatic carbocycles. The molecule has 0 spiro atoms. The Morgan fingerprint density at radius 2 is 2.05 bits per heavy atom. The molecule has 20 heavy (non-hydrogen) atoms. The Bertz CT molecular complexity index is 431. The quantitative estimate of drug-likeness (QED) is 0.728. The minimum absolute atomic E-state index is 0. The Morgan fingerprint density at radius 1 is 1.40 bits per heavy atom. The van der Waals surface area contributed by atoms with Gasteiger partial charge in [0.1, 0.15) is 0 Å². The first-order valence-electron chi connectivity index (χ1n) is 6.76. The first-order valence-corrected chi connectivity index (χ1v) is 8.20. The van der Waals surface area contributed by atoms with Crippen LogP contribution >= 0.6 is 12.4 Å². The highest BCUT2D eigenvalue weighted by molar-refractivity contribution is 7.87. The Labute approximate surface area is 127 Å². The fourth-order valence-electron chi connectivity index (χ4n) is 2.43. The molecule has 2 unspecified atom stereocenters. The molecule has 0 amide bonds. The lowest BCUT2D eigenvalue weighted by atomic mass is 10.1. The van der Waals surface area contributed by atoms with Crippen molar-refractivity contribution < 1.29 is 13.2 Å². The third-order valence-corrected chi connectivity index (χ3v) is 4.85. The number of nitrogens with zero attached hydrogens (tertiary/aromatic N) is 1. The van der Waals surface area contributed by atoms with Crippen LogP contribution in [0.25, 0.3) is 0 Å². The lowest BCUT2D eigenvalue weighted by Gasteiger charge is -2.34. The second-order valence-corrected chi connectivity index (χ2v) is 6.97. The van der Waals surface area contributed by atoms with Crippen molar-refractivity contribution >= 4 is 22.6 Å². The summed E-state index contributed by atoms with van der Waals surface area (Å²) in [6.07, 6.45) is 2.84. The van der Waals surface area contributed by atoms with Crippen LogP contribution in [0.1, 0.15) is 20.3 Å². The maximum absolute atomic E-state index is 12.2. The van der Waals surface area contributed by atoms with E-state index in [-0.39, 0.29) is 24.6 Å². The number of hydrogen-bond donors (Lipinski definition) is 2. The molecule has 2 heterocycles. The van der Waals surface area contributed by atoms with Crippen molar-refractivity contribution in [3.8, 4) is 0 Å². The van der Waals surface area contributed by atoms with Gasteiger partial charge in [0.05, 0.1) is 12.2 Å². The van der Waals surface area contributed by atoms with E-state index in [1.807, 2.05) is 13.8 Å². The monoisotopic (exact) mass is 325 g/mol.